The van der Waals surface area contributed by atoms with Crippen molar-refractivity contribution in [3.05, 3.63) is 39.6 Å². The molecule has 0 unspecified atom stereocenters. The van der Waals surface area contributed by atoms with Gasteiger partial charge in [0.1, 0.15) is 10.8 Å². The molecule has 0 saturated carbocycles. The predicted octanol–water partition coefficient (Wildman–Crippen LogP) is 4.25. The second-order valence-electron chi connectivity index (χ2n) is 4.99. The van der Waals surface area contributed by atoms with Crippen LogP contribution in [0, 0.1) is 5.82 Å². The number of rotatable bonds is 6. The van der Waals surface area contributed by atoms with E-state index in [2.05, 4.69) is 24.1 Å². The zero-order valence-corrected chi connectivity index (χ0v) is 13.8. The van der Waals surface area contributed by atoms with Crippen LogP contribution < -0.4 is 5.32 Å². The fraction of sp³-hybridized carbons (Fsp3) is 0.400. The highest BCUT2D eigenvalue weighted by Crippen LogP contribution is 2.31. The van der Waals surface area contributed by atoms with Crippen LogP contribution >= 0.6 is 22.9 Å². The van der Waals surface area contributed by atoms with Crippen LogP contribution in [0.4, 0.5) is 4.39 Å². The first kappa shape index (κ1) is 16.4. The summed E-state index contributed by atoms with van der Waals surface area (Å²) in [4.78, 5) is 5.72. The maximum atomic E-state index is 13.3. The lowest BCUT2D eigenvalue weighted by molar-refractivity contribution is 0.181. The molecule has 2 rings (SSSR count). The lowest BCUT2D eigenvalue weighted by atomic mass is 10.2. The molecule has 6 heteroatoms. The van der Waals surface area contributed by atoms with E-state index in [-0.39, 0.29) is 5.02 Å². The third-order valence-corrected chi connectivity index (χ3v) is 4.33. The molecule has 0 fully saturated rings. The molecule has 1 aromatic carbocycles. The minimum atomic E-state index is -0.421. The molecule has 1 N–H and O–H groups in total. The number of nitrogens with one attached hydrogen (secondary N) is 1. The Hall–Kier alpha value is -1.01. The van der Waals surface area contributed by atoms with E-state index in [9.17, 15) is 4.39 Å². The molecule has 0 aliphatic rings. The van der Waals surface area contributed by atoms with Crippen molar-refractivity contribution in [1.29, 1.82) is 0 Å². The molecule has 0 aliphatic heterocycles. The van der Waals surface area contributed by atoms with Crippen molar-refractivity contribution >= 4 is 22.9 Å². The lowest BCUT2D eigenvalue weighted by Gasteiger charge is -2.07. The van der Waals surface area contributed by atoms with Gasteiger partial charge in [0.2, 0.25) is 0 Å². The van der Waals surface area contributed by atoms with Gasteiger partial charge in [-0.2, -0.15) is 0 Å². The summed E-state index contributed by atoms with van der Waals surface area (Å²) >= 11 is 7.41. The Morgan fingerprint density at radius 2 is 2.19 bits per heavy atom. The van der Waals surface area contributed by atoms with Gasteiger partial charge in [-0.05, 0) is 18.2 Å². The topological polar surface area (TPSA) is 34.1 Å². The van der Waals surface area contributed by atoms with Crippen LogP contribution in [0.2, 0.25) is 5.02 Å². The Kier molecular flexibility index (Phi) is 5.70. The highest BCUT2D eigenvalue weighted by molar-refractivity contribution is 7.15. The van der Waals surface area contributed by atoms with Crippen molar-refractivity contribution in [1.82, 2.24) is 10.3 Å². The van der Waals surface area contributed by atoms with E-state index in [4.69, 9.17) is 16.3 Å². The average molecular weight is 329 g/mol. The van der Waals surface area contributed by atoms with Crippen LogP contribution in [0.5, 0.6) is 0 Å². The molecular formula is C15H18ClFN2OS. The molecule has 0 aliphatic carbocycles. The van der Waals surface area contributed by atoms with Crippen LogP contribution in [0.3, 0.4) is 0 Å². The summed E-state index contributed by atoms with van der Waals surface area (Å²) in [6, 6.07) is 5.05. The molecule has 114 valence electrons. The number of nitrogens with zero attached hydrogens (tertiary/aromatic N) is 1. The number of hydrogen-bond acceptors (Lipinski definition) is 4. The predicted molar refractivity (Wildman–Crippen MR) is 85.2 cm³/mol. The molecule has 2 aromatic rings. The van der Waals surface area contributed by atoms with Gasteiger partial charge in [-0.1, -0.05) is 25.4 Å². The maximum absolute atomic E-state index is 13.3. The number of hydrogen-bond donors (Lipinski definition) is 1. The normalized spacial score (nSPS) is 11.3. The minimum Gasteiger partial charge on any atom is -0.378 e. The van der Waals surface area contributed by atoms with Crippen molar-refractivity contribution in [2.45, 2.75) is 33.0 Å². The van der Waals surface area contributed by atoms with Gasteiger partial charge in [0.05, 0.1) is 17.3 Å². The van der Waals surface area contributed by atoms with E-state index in [0.29, 0.717) is 12.6 Å². The van der Waals surface area contributed by atoms with Crippen LogP contribution in [-0.4, -0.2) is 18.1 Å². The molecule has 0 bridgehead atoms. The first-order valence-corrected chi connectivity index (χ1v) is 7.87. The molecule has 1 aromatic heterocycles. The number of aromatic nitrogens is 1. The van der Waals surface area contributed by atoms with Crippen molar-refractivity contribution < 1.29 is 9.13 Å². The third kappa shape index (κ3) is 4.23. The van der Waals surface area contributed by atoms with E-state index in [1.807, 2.05) is 0 Å². The fourth-order valence-corrected chi connectivity index (χ4v) is 3.01. The van der Waals surface area contributed by atoms with Gasteiger partial charge in [-0.3, -0.25) is 0 Å². The minimum absolute atomic E-state index is 0.109. The van der Waals surface area contributed by atoms with Gasteiger partial charge in [-0.15, -0.1) is 11.3 Å². The second-order valence-corrected chi connectivity index (χ2v) is 6.48. The molecule has 3 nitrogen and oxygen atoms in total. The second kappa shape index (κ2) is 7.31. The highest BCUT2D eigenvalue weighted by Gasteiger charge is 2.14. The van der Waals surface area contributed by atoms with E-state index < -0.39 is 5.82 Å². The summed E-state index contributed by atoms with van der Waals surface area (Å²) in [6.45, 7) is 5.39. The van der Waals surface area contributed by atoms with E-state index in [1.54, 1.807) is 30.6 Å². The number of benzene rings is 1. The molecule has 21 heavy (non-hydrogen) atoms. The Bertz CT molecular complexity index is 616. The Morgan fingerprint density at radius 1 is 1.43 bits per heavy atom. The Morgan fingerprint density at radius 3 is 2.81 bits per heavy atom. The quantitative estimate of drug-likeness (QED) is 0.861. The molecule has 0 atom stereocenters. The third-order valence-electron chi connectivity index (χ3n) is 2.90. The van der Waals surface area contributed by atoms with E-state index in [1.165, 1.54) is 6.07 Å². The van der Waals surface area contributed by atoms with Crippen LogP contribution in [0.25, 0.3) is 10.6 Å². The molecular weight excluding hydrogens is 311 g/mol. The van der Waals surface area contributed by atoms with Crippen LogP contribution in [0.15, 0.2) is 18.2 Å². The van der Waals surface area contributed by atoms with Gasteiger partial charge in [0.25, 0.3) is 0 Å². The summed E-state index contributed by atoms with van der Waals surface area (Å²) in [5.41, 5.74) is 1.73. The highest BCUT2D eigenvalue weighted by atomic mass is 35.5. The Balaban J connectivity index is 2.31. The van der Waals surface area contributed by atoms with Gasteiger partial charge < -0.3 is 10.1 Å². The van der Waals surface area contributed by atoms with Gasteiger partial charge in [-0.25, -0.2) is 9.37 Å². The number of methoxy groups -OCH3 is 1. The van der Waals surface area contributed by atoms with Crippen molar-refractivity contribution in [3.8, 4) is 10.6 Å². The summed E-state index contributed by atoms with van der Waals surface area (Å²) in [5.74, 6) is -0.421. The van der Waals surface area contributed by atoms with Gasteiger partial charge >= 0.3 is 0 Å². The maximum Gasteiger partial charge on any atom is 0.141 e. The summed E-state index contributed by atoms with van der Waals surface area (Å²) in [7, 11) is 1.65. The Labute approximate surface area is 133 Å². The molecule has 1 heterocycles. The van der Waals surface area contributed by atoms with E-state index >= 15 is 0 Å². The standard InChI is InChI=1S/C15H18ClFN2OS/c1-9(2)18-7-14-13(8-20-3)19-15(21-14)10-4-5-12(17)11(16)6-10/h4-6,9,18H,7-8H2,1-3H3. The molecule has 0 saturated heterocycles. The number of thiazole rings is 1. The largest absolute Gasteiger partial charge is 0.378 e. The summed E-state index contributed by atoms with van der Waals surface area (Å²) < 4.78 is 18.4. The average Bonchev–Trinajstić information content (AvgIpc) is 2.83. The summed E-state index contributed by atoms with van der Waals surface area (Å²) in [6.07, 6.45) is 0. The zero-order chi connectivity index (χ0) is 15.4. The monoisotopic (exact) mass is 328 g/mol. The first-order valence-electron chi connectivity index (χ1n) is 6.67. The van der Waals surface area contributed by atoms with Crippen LogP contribution in [0.1, 0.15) is 24.4 Å². The SMILES string of the molecule is COCc1nc(-c2ccc(F)c(Cl)c2)sc1CNC(C)C. The smallest absolute Gasteiger partial charge is 0.141 e. The molecule has 0 radical (unpaired) electrons. The van der Waals surface area contributed by atoms with Crippen LogP contribution in [-0.2, 0) is 17.9 Å². The number of ether oxygens (including phenoxy) is 1. The number of halogens is 2. The van der Waals surface area contributed by atoms with Gasteiger partial charge in [0, 0.05) is 30.1 Å². The fourth-order valence-electron chi connectivity index (χ4n) is 1.82. The zero-order valence-electron chi connectivity index (χ0n) is 12.2. The van der Waals surface area contributed by atoms with Crippen molar-refractivity contribution in [2.75, 3.05) is 7.11 Å². The van der Waals surface area contributed by atoms with Crippen molar-refractivity contribution in [2.24, 2.45) is 0 Å². The van der Waals surface area contributed by atoms with Gasteiger partial charge in [0.15, 0.2) is 0 Å². The summed E-state index contributed by atoms with van der Waals surface area (Å²) in [5, 5.41) is 4.31. The first-order chi connectivity index (χ1) is 10.0. The van der Waals surface area contributed by atoms with E-state index in [0.717, 1.165) is 27.7 Å². The molecule has 0 amide bonds. The molecule has 0 spiro atoms. The van der Waals surface area contributed by atoms with Crippen molar-refractivity contribution in [3.63, 3.8) is 0 Å². The lowest BCUT2D eigenvalue weighted by Crippen LogP contribution is -2.21.